The molecule has 1 aliphatic heterocycles. The highest BCUT2D eigenvalue weighted by atomic mass is 32.2. The van der Waals surface area contributed by atoms with Crippen LogP contribution in [-0.2, 0) is 11.2 Å². The second-order valence-corrected chi connectivity index (χ2v) is 4.46. The molecule has 0 saturated heterocycles. The van der Waals surface area contributed by atoms with E-state index >= 15 is 0 Å². The van der Waals surface area contributed by atoms with Crippen LogP contribution in [0.3, 0.4) is 0 Å². The summed E-state index contributed by atoms with van der Waals surface area (Å²) < 4.78 is 5.47. The van der Waals surface area contributed by atoms with Crippen molar-refractivity contribution in [3.05, 3.63) is 23.8 Å². The van der Waals surface area contributed by atoms with Crippen LogP contribution in [-0.4, -0.2) is 23.4 Å². The zero-order valence-electron chi connectivity index (χ0n) is 8.23. The maximum absolute atomic E-state index is 10.3. The van der Waals surface area contributed by atoms with Gasteiger partial charge in [0.2, 0.25) is 0 Å². The lowest BCUT2D eigenvalue weighted by molar-refractivity contribution is -0.137. The highest BCUT2D eigenvalue weighted by Gasteiger charge is 2.15. The highest BCUT2D eigenvalue weighted by molar-refractivity contribution is 7.99. The smallest absolute Gasteiger partial charge is 0.306 e. The Morgan fingerprint density at radius 3 is 3.20 bits per heavy atom. The molecule has 3 nitrogen and oxygen atoms in total. The molecule has 0 amide bonds. The highest BCUT2D eigenvalue weighted by Crippen LogP contribution is 2.36. The van der Waals surface area contributed by atoms with E-state index in [9.17, 15) is 4.79 Å². The van der Waals surface area contributed by atoms with Gasteiger partial charge in [0.25, 0.3) is 0 Å². The van der Waals surface area contributed by atoms with Crippen LogP contribution < -0.4 is 4.74 Å². The molecule has 0 atom stereocenters. The van der Waals surface area contributed by atoms with Crippen LogP contribution in [0, 0.1) is 0 Å². The van der Waals surface area contributed by atoms with Gasteiger partial charge in [-0.1, -0.05) is 6.07 Å². The molecule has 1 heterocycles. The third-order valence-corrected chi connectivity index (χ3v) is 3.37. The van der Waals surface area contributed by atoms with Crippen molar-refractivity contribution in [2.75, 3.05) is 12.4 Å². The van der Waals surface area contributed by atoms with Crippen LogP contribution in [0.4, 0.5) is 0 Å². The van der Waals surface area contributed by atoms with Crippen molar-refractivity contribution >= 4 is 17.7 Å². The van der Waals surface area contributed by atoms with Crippen LogP contribution in [0.1, 0.15) is 12.0 Å². The first-order valence-corrected chi connectivity index (χ1v) is 5.85. The Morgan fingerprint density at radius 2 is 2.40 bits per heavy atom. The minimum absolute atomic E-state index is 0.0524. The second kappa shape index (κ2) is 4.57. The molecule has 4 heteroatoms. The lowest BCUT2D eigenvalue weighted by atomic mass is 10.1. The molecule has 0 saturated carbocycles. The fourth-order valence-electron chi connectivity index (χ4n) is 1.57. The number of carbonyl (C=O) groups is 1. The van der Waals surface area contributed by atoms with Gasteiger partial charge in [0.05, 0.1) is 13.0 Å². The topological polar surface area (TPSA) is 46.5 Å². The van der Waals surface area contributed by atoms with Crippen molar-refractivity contribution in [1.29, 1.82) is 0 Å². The summed E-state index contributed by atoms with van der Waals surface area (Å²) in [6, 6.07) is 5.94. The van der Waals surface area contributed by atoms with E-state index < -0.39 is 5.97 Å². The quantitative estimate of drug-likeness (QED) is 0.851. The molecule has 2 rings (SSSR count). The molecule has 0 radical (unpaired) electrons. The summed E-state index contributed by atoms with van der Waals surface area (Å²) in [5.41, 5.74) is 1.23. The van der Waals surface area contributed by atoms with Gasteiger partial charge in [0, 0.05) is 16.2 Å². The Kier molecular flexibility index (Phi) is 3.16. The Labute approximate surface area is 92.4 Å². The van der Waals surface area contributed by atoms with Crippen molar-refractivity contribution in [3.8, 4) is 5.75 Å². The van der Waals surface area contributed by atoms with Crippen LogP contribution in [0.2, 0.25) is 0 Å². The number of aliphatic carboxylic acids is 1. The summed E-state index contributed by atoms with van der Waals surface area (Å²) in [5.74, 6) is 1.12. The van der Waals surface area contributed by atoms with E-state index in [-0.39, 0.29) is 13.0 Å². The Balaban J connectivity index is 2.02. The summed E-state index contributed by atoms with van der Waals surface area (Å²) in [6.45, 7) is 0.246. The van der Waals surface area contributed by atoms with Crippen molar-refractivity contribution in [3.63, 3.8) is 0 Å². The minimum atomic E-state index is -0.822. The van der Waals surface area contributed by atoms with Crippen LogP contribution in [0.15, 0.2) is 23.1 Å². The molecule has 15 heavy (non-hydrogen) atoms. The van der Waals surface area contributed by atoms with E-state index in [0.29, 0.717) is 0 Å². The molecule has 0 bridgehead atoms. The molecular weight excluding hydrogens is 212 g/mol. The number of ether oxygens (including phenoxy) is 1. The van der Waals surface area contributed by atoms with Gasteiger partial charge >= 0.3 is 5.97 Å². The third-order valence-electron chi connectivity index (χ3n) is 2.27. The number of hydrogen-bond donors (Lipinski definition) is 1. The van der Waals surface area contributed by atoms with Gasteiger partial charge in [-0.2, -0.15) is 0 Å². The molecule has 1 N–H and O–H groups in total. The van der Waals surface area contributed by atoms with E-state index in [2.05, 4.69) is 6.07 Å². The van der Waals surface area contributed by atoms with E-state index in [1.54, 1.807) is 0 Å². The molecule has 0 aromatic heterocycles. The number of fused-ring (bicyclic) bond motifs is 1. The maximum Gasteiger partial charge on any atom is 0.306 e. The van der Waals surface area contributed by atoms with E-state index in [4.69, 9.17) is 9.84 Å². The Morgan fingerprint density at radius 1 is 1.53 bits per heavy atom. The zero-order chi connectivity index (χ0) is 10.7. The summed E-state index contributed by atoms with van der Waals surface area (Å²) in [7, 11) is 0. The minimum Gasteiger partial charge on any atom is -0.493 e. The van der Waals surface area contributed by atoms with Crippen molar-refractivity contribution in [2.45, 2.75) is 17.7 Å². The molecule has 0 spiro atoms. The predicted octanol–water partition coefficient (Wildman–Crippen LogP) is 2.19. The lowest BCUT2D eigenvalue weighted by Gasteiger charge is -2.08. The third kappa shape index (κ3) is 2.45. The van der Waals surface area contributed by atoms with Gasteiger partial charge in [0.1, 0.15) is 5.75 Å². The van der Waals surface area contributed by atoms with E-state index in [1.165, 1.54) is 10.5 Å². The first kappa shape index (κ1) is 10.4. The average Bonchev–Trinajstić information content (AvgIpc) is 2.65. The van der Waals surface area contributed by atoms with Crippen molar-refractivity contribution in [2.24, 2.45) is 0 Å². The first-order valence-electron chi connectivity index (χ1n) is 4.86. The first-order chi connectivity index (χ1) is 7.27. The van der Waals surface area contributed by atoms with Gasteiger partial charge in [-0.3, -0.25) is 4.79 Å². The summed E-state index contributed by atoms with van der Waals surface area (Å²) in [5, 5.41) is 8.50. The Bertz CT molecular complexity index is 376. The van der Waals surface area contributed by atoms with Crippen LogP contribution in [0.25, 0.3) is 0 Å². The van der Waals surface area contributed by atoms with Gasteiger partial charge in [-0.15, -0.1) is 11.8 Å². The molecule has 0 unspecified atom stereocenters. The largest absolute Gasteiger partial charge is 0.493 e. The number of carboxylic acid groups (broad SMARTS) is 1. The SMILES string of the molecule is O=C(O)CCOc1cccc2c1CCS2. The maximum atomic E-state index is 10.3. The molecule has 0 aliphatic carbocycles. The fourth-order valence-corrected chi connectivity index (χ4v) is 2.65. The Hall–Kier alpha value is -1.16. The van der Waals surface area contributed by atoms with E-state index in [0.717, 1.165) is 17.9 Å². The number of benzene rings is 1. The van der Waals surface area contributed by atoms with Crippen molar-refractivity contribution in [1.82, 2.24) is 0 Å². The van der Waals surface area contributed by atoms with Gasteiger partial charge in [-0.05, 0) is 18.6 Å². The van der Waals surface area contributed by atoms with Gasteiger partial charge < -0.3 is 9.84 Å². The zero-order valence-corrected chi connectivity index (χ0v) is 9.05. The molecule has 0 fully saturated rings. The molecule has 1 aliphatic rings. The summed E-state index contributed by atoms with van der Waals surface area (Å²) in [4.78, 5) is 11.6. The average molecular weight is 224 g/mol. The van der Waals surface area contributed by atoms with Gasteiger partial charge in [-0.25, -0.2) is 0 Å². The summed E-state index contributed by atoms with van der Waals surface area (Å²) in [6.07, 6.45) is 1.07. The van der Waals surface area contributed by atoms with E-state index in [1.807, 2.05) is 23.9 Å². The van der Waals surface area contributed by atoms with Crippen LogP contribution in [0.5, 0.6) is 5.75 Å². The summed E-state index contributed by atoms with van der Waals surface area (Å²) >= 11 is 1.83. The monoisotopic (exact) mass is 224 g/mol. The normalized spacial score (nSPS) is 13.6. The fraction of sp³-hybridized carbons (Fsp3) is 0.364. The van der Waals surface area contributed by atoms with Crippen molar-refractivity contribution < 1.29 is 14.6 Å². The predicted molar refractivity (Wildman–Crippen MR) is 58.6 cm³/mol. The second-order valence-electron chi connectivity index (χ2n) is 3.32. The lowest BCUT2D eigenvalue weighted by Crippen LogP contribution is -2.05. The molecule has 1 aromatic carbocycles. The van der Waals surface area contributed by atoms with Crippen LogP contribution >= 0.6 is 11.8 Å². The van der Waals surface area contributed by atoms with Gasteiger partial charge in [0.15, 0.2) is 0 Å². The number of hydrogen-bond acceptors (Lipinski definition) is 3. The molecule has 80 valence electrons. The number of carboxylic acids is 1. The molecule has 1 aromatic rings. The number of rotatable bonds is 4. The standard InChI is InChI=1S/C11H12O3S/c12-11(13)4-6-14-9-2-1-3-10-8(9)5-7-15-10/h1-3H,4-7H2,(H,12,13). The molecular formula is C11H12O3S. The number of thioether (sulfide) groups is 1.